The molecule has 0 bridgehead atoms. The topological polar surface area (TPSA) is 75.5 Å². The lowest BCUT2D eigenvalue weighted by atomic mass is 10.2. The van der Waals surface area contributed by atoms with Gasteiger partial charge in [-0.15, -0.1) is 0 Å². The van der Waals surface area contributed by atoms with Crippen molar-refractivity contribution in [3.8, 4) is 5.88 Å². The largest absolute Gasteiger partial charge is 0.480 e. The monoisotopic (exact) mass is 223 g/mol. The van der Waals surface area contributed by atoms with Crippen LogP contribution in [-0.2, 0) is 4.79 Å². The lowest BCUT2D eigenvalue weighted by molar-refractivity contribution is -0.138. The Morgan fingerprint density at radius 2 is 2.44 bits per heavy atom. The number of ether oxygens (including phenoxy) is 1. The van der Waals surface area contributed by atoms with E-state index in [2.05, 4.69) is 9.97 Å². The number of hydrogen-bond acceptors (Lipinski definition) is 5. The van der Waals surface area contributed by atoms with E-state index in [9.17, 15) is 4.79 Å². The van der Waals surface area contributed by atoms with E-state index in [1.54, 1.807) is 11.1 Å². The van der Waals surface area contributed by atoms with Gasteiger partial charge in [-0.05, 0) is 12.8 Å². The zero-order valence-electron chi connectivity index (χ0n) is 8.96. The number of anilines is 1. The molecular weight excluding hydrogens is 210 g/mol. The number of aliphatic carboxylic acids is 1. The van der Waals surface area contributed by atoms with Gasteiger partial charge in [0.1, 0.15) is 6.04 Å². The predicted molar refractivity (Wildman–Crippen MR) is 56.6 cm³/mol. The maximum atomic E-state index is 11.0. The minimum atomic E-state index is -0.817. The van der Waals surface area contributed by atoms with E-state index in [1.807, 2.05) is 0 Å². The second kappa shape index (κ2) is 4.34. The van der Waals surface area contributed by atoms with Gasteiger partial charge in [0.2, 0.25) is 5.88 Å². The third-order valence-electron chi connectivity index (χ3n) is 2.64. The third kappa shape index (κ3) is 1.91. The van der Waals surface area contributed by atoms with Crippen LogP contribution in [0.4, 0.5) is 5.82 Å². The number of carboxylic acids is 1. The van der Waals surface area contributed by atoms with Gasteiger partial charge in [0, 0.05) is 6.54 Å². The normalized spacial score (nSPS) is 19.8. The van der Waals surface area contributed by atoms with Crippen LogP contribution in [0, 0.1) is 0 Å². The Kier molecular flexibility index (Phi) is 2.89. The quantitative estimate of drug-likeness (QED) is 0.806. The van der Waals surface area contributed by atoms with Crippen molar-refractivity contribution in [2.24, 2.45) is 0 Å². The van der Waals surface area contributed by atoms with E-state index in [0.717, 1.165) is 6.42 Å². The fraction of sp³-hybridized carbons (Fsp3) is 0.500. The van der Waals surface area contributed by atoms with Crippen molar-refractivity contribution in [1.82, 2.24) is 9.97 Å². The number of aromatic nitrogens is 2. The van der Waals surface area contributed by atoms with Gasteiger partial charge in [-0.25, -0.2) is 4.79 Å². The maximum absolute atomic E-state index is 11.0. The van der Waals surface area contributed by atoms with Crippen molar-refractivity contribution in [1.29, 1.82) is 0 Å². The van der Waals surface area contributed by atoms with E-state index >= 15 is 0 Å². The summed E-state index contributed by atoms with van der Waals surface area (Å²) in [7, 11) is 1.51. The summed E-state index contributed by atoms with van der Waals surface area (Å²) >= 11 is 0. The molecule has 2 rings (SSSR count). The molecule has 1 fully saturated rings. The van der Waals surface area contributed by atoms with Crippen LogP contribution >= 0.6 is 0 Å². The highest BCUT2D eigenvalue weighted by Crippen LogP contribution is 2.24. The summed E-state index contributed by atoms with van der Waals surface area (Å²) in [6.45, 7) is 0.693. The molecule has 1 aromatic heterocycles. The molecular formula is C10H13N3O3. The fourth-order valence-electron chi connectivity index (χ4n) is 1.87. The summed E-state index contributed by atoms with van der Waals surface area (Å²) in [5, 5.41) is 9.05. The van der Waals surface area contributed by atoms with Gasteiger partial charge in [0.05, 0.1) is 19.5 Å². The minimum Gasteiger partial charge on any atom is -0.480 e. The van der Waals surface area contributed by atoms with Crippen LogP contribution in [-0.4, -0.2) is 40.7 Å². The highest BCUT2D eigenvalue weighted by Gasteiger charge is 2.31. The molecule has 86 valence electrons. The van der Waals surface area contributed by atoms with Crippen molar-refractivity contribution >= 4 is 11.8 Å². The molecule has 0 aromatic carbocycles. The minimum absolute atomic E-state index is 0.397. The van der Waals surface area contributed by atoms with Gasteiger partial charge in [0.15, 0.2) is 5.82 Å². The zero-order chi connectivity index (χ0) is 11.5. The Bertz CT molecular complexity index is 397. The SMILES string of the molecule is COc1cncc(N2CCCC2C(=O)O)n1. The van der Waals surface area contributed by atoms with E-state index in [-0.39, 0.29) is 0 Å². The van der Waals surface area contributed by atoms with Crippen LogP contribution in [0.1, 0.15) is 12.8 Å². The smallest absolute Gasteiger partial charge is 0.326 e. The Morgan fingerprint density at radius 3 is 3.12 bits per heavy atom. The van der Waals surface area contributed by atoms with E-state index < -0.39 is 12.0 Å². The molecule has 1 aromatic rings. The Hall–Kier alpha value is -1.85. The third-order valence-corrected chi connectivity index (χ3v) is 2.64. The average Bonchev–Trinajstić information content (AvgIpc) is 2.78. The van der Waals surface area contributed by atoms with Gasteiger partial charge >= 0.3 is 5.97 Å². The number of rotatable bonds is 3. The molecule has 0 radical (unpaired) electrons. The van der Waals surface area contributed by atoms with E-state index in [0.29, 0.717) is 24.7 Å². The van der Waals surface area contributed by atoms with Crippen molar-refractivity contribution in [2.45, 2.75) is 18.9 Å². The molecule has 0 spiro atoms. The lowest BCUT2D eigenvalue weighted by Gasteiger charge is -2.21. The molecule has 0 saturated carbocycles. The Balaban J connectivity index is 2.25. The van der Waals surface area contributed by atoms with Gasteiger partial charge in [-0.2, -0.15) is 4.98 Å². The molecule has 2 heterocycles. The zero-order valence-corrected chi connectivity index (χ0v) is 8.96. The average molecular weight is 223 g/mol. The van der Waals surface area contributed by atoms with Gasteiger partial charge < -0.3 is 14.7 Å². The summed E-state index contributed by atoms with van der Waals surface area (Å²) in [5.41, 5.74) is 0. The molecule has 1 saturated heterocycles. The molecule has 6 heteroatoms. The van der Waals surface area contributed by atoms with Crippen molar-refractivity contribution in [3.05, 3.63) is 12.4 Å². The van der Waals surface area contributed by atoms with Crippen LogP contribution in [0.2, 0.25) is 0 Å². The maximum Gasteiger partial charge on any atom is 0.326 e. The van der Waals surface area contributed by atoms with Crippen LogP contribution < -0.4 is 9.64 Å². The van der Waals surface area contributed by atoms with Crippen molar-refractivity contribution in [2.75, 3.05) is 18.6 Å². The number of methoxy groups -OCH3 is 1. The summed E-state index contributed by atoms with van der Waals surface area (Å²) in [5.74, 6) is 0.139. The first-order valence-corrected chi connectivity index (χ1v) is 5.08. The number of carbonyl (C=O) groups is 1. The number of nitrogens with zero attached hydrogens (tertiary/aromatic N) is 3. The summed E-state index contributed by atoms with van der Waals surface area (Å²) in [6.07, 6.45) is 4.56. The molecule has 1 unspecified atom stereocenters. The predicted octanol–water partition coefficient (Wildman–Crippen LogP) is 0.539. The highest BCUT2D eigenvalue weighted by molar-refractivity contribution is 5.78. The molecule has 1 N–H and O–H groups in total. The molecule has 0 amide bonds. The number of hydrogen-bond donors (Lipinski definition) is 1. The molecule has 0 aliphatic carbocycles. The Morgan fingerprint density at radius 1 is 1.62 bits per heavy atom. The summed E-state index contributed by atoms with van der Waals surface area (Å²) < 4.78 is 4.96. The van der Waals surface area contributed by atoms with Gasteiger partial charge in [-0.1, -0.05) is 0 Å². The number of carboxylic acid groups (broad SMARTS) is 1. The van der Waals surface area contributed by atoms with Crippen LogP contribution in [0.3, 0.4) is 0 Å². The molecule has 1 aliphatic rings. The summed E-state index contributed by atoms with van der Waals surface area (Å²) in [6, 6.07) is -0.499. The highest BCUT2D eigenvalue weighted by atomic mass is 16.5. The molecule has 6 nitrogen and oxygen atoms in total. The molecule has 1 aliphatic heterocycles. The summed E-state index contributed by atoms with van der Waals surface area (Å²) in [4.78, 5) is 20.9. The first kappa shape index (κ1) is 10.7. The second-order valence-corrected chi connectivity index (χ2v) is 3.61. The van der Waals surface area contributed by atoms with E-state index in [4.69, 9.17) is 9.84 Å². The standard InChI is InChI=1S/C10H13N3O3/c1-16-9-6-11-5-8(12-9)13-4-2-3-7(13)10(14)15/h5-7H,2-4H2,1H3,(H,14,15). The lowest BCUT2D eigenvalue weighted by Crippen LogP contribution is -2.36. The van der Waals surface area contributed by atoms with Crippen molar-refractivity contribution < 1.29 is 14.6 Å². The first-order valence-electron chi connectivity index (χ1n) is 5.08. The second-order valence-electron chi connectivity index (χ2n) is 3.61. The molecule has 16 heavy (non-hydrogen) atoms. The van der Waals surface area contributed by atoms with Gasteiger partial charge in [0.25, 0.3) is 0 Å². The van der Waals surface area contributed by atoms with E-state index in [1.165, 1.54) is 13.3 Å². The van der Waals surface area contributed by atoms with Crippen LogP contribution in [0.15, 0.2) is 12.4 Å². The fourth-order valence-corrected chi connectivity index (χ4v) is 1.87. The first-order chi connectivity index (χ1) is 7.72. The Labute approximate surface area is 92.9 Å². The van der Waals surface area contributed by atoms with Crippen molar-refractivity contribution in [3.63, 3.8) is 0 Å². The molecule has 1 atom stereocenters. The van der Waals surface area contributed by atoms with Crippen LogP contribution in [0.25, 0.3) is 0 Å². The van der Waals surface area contributed by atoms with Crippen LogP contribution in [0.5, 0.6) is 5.88 Å². The van der Waals surface area contributed by atoms with Gasteiger partial charge in [-0.3, -0.25) is 4.98 Å².